The maximum Gasteiger partial charge on any atom is 0.224 e. The van der Waals surface area contributed by atoms with E-state index in [2.05, 4.69) is 10.6 Å². The lowest BCUT2D eigenvalue weighted by Crippen LogP contribution is -2.45. The van der Waals surface area contributed by atoms with Gasteiger partial charge in [0.25, 0.3) is 0 Å². The summed E-state index contributed by atoms with van der Waals surface area (Å²) in [5, 5.41) is 15.5. The van der Waals surface area contributed by atoms with Crippen molar-refractivity contribution in [2.75, 3.05) is 19.7 Å². The average molecular weight is 240 g/mol. The highest BCUT2D eigenvalue weighted by Gasteiger charge is 2.26. The van der Waals surface area contributed by atoms with E-state index in [0.29, 0.717) is 18.6 Å². The largest absolute Gasteiger partial charge is 0.396 e. The first-order valence-corrected chi connectivity index (χ1v) is 6.91. The molecule has 3 N–H and O–H groups in total. The van der Waals surface area contributed by atoms with Crippen molar-refractivity contribution in [3.05, 3.63) is 0 Å². The van der Waals surface area contributed by atoms with Crippen LogP contribution in [0.1, 0.15) is 38.5 Å². The van der Waals surface area contributed by atoms with Crippen LogP contribution in [0.4, 0.5) is 0 Å². The zero-order valence-corrected chi connectivity index (χ0v) is 10.5. The van der Waals surface area contributed by atoms with Crippen LogP contribution in [0.15, 0.2) is 0 Å². The van der Waals surface area contributed by atoms with E-state index in [1.807, 2.05) is 0 Å². The maximum atomic E-state index is 12.0. The summed E-state index contributed by atoms with van der Waals surface area (Å²) in [5.74, 6) is 0.850. The maximum absolute atomic E-state index is 12.0. The number of hydrogen-bond donors (Lipinski definition) is 3. The van der Waals surface area contributed by atoms with Crippen LogP contribution in [0.5, 0.6) is 0 Å². The van der Waals surface area contributed by atoms with Gasteiger partial charge in [-0.15, -0.1) is 0 Å². The zero-order chi connectivity index (χ0) is 12.1. The van der Waals surface area contributed by atoms with E-state index in [1.54, 1.807) is 0 Å². The summed E-state index contributed by atoms with van der Waals surface area (Å²) in [5.41, 5.74) is 0. The van der Waals surface area contributed by atoms with Crippen LogP contribution in [0.25, 0.3) is 0 Å². The highest BCUT2D eigenvalue weighted by Crippen LogP contribution is 2.24. The molecule has 2 rings (SSSR count). The fraction of sp³-hybridized carbons (Fsp3) is 0.923. The Morgan fingerprint density at radius 1 is 1.24 bits per heavy atom. The Kier molecular flexibility index (Phi) is 4.80. The summed E-state index contributed by atoms with van der Waals surface area (Å²) in [7, 11) is 0. The molecule has 17 heavy (non-hydrogen) atoms. The van der Waals surface area contributed by atoms with Gasteiger partial charge in [0.15, 0.2) is 0 Å². The van der Waals surface area contributed by atoms with Crippen molar-refractivity contribution < 1.29 is 9.90 Å². The van der Waals surface area contributed by atoms with Crippen molar-refractivity contribution in [3.8, 4) is 0 Å². The minimum absolute atomic E-state index is 0.166. The SMILES string of the molecule is O=C(NC1CCC(CO)CC1)[C@H]1CCCNC1. The van der Waals surface area contributed by atoms with Crippen molar-refractivity contribution in [3.63, 3.8) is 0 Å². The molecule has 0 unspecified atom stereocenters. The third kappa shape index (κ3) is 3.68. The summed E-state index contributed by atoms with van der Waals surface area (Å²) in [6.07, 6.45) is 6.27. The smallest absolute Gasteiger partial charge is 0.224 e. The fourth-order valence-corrected chi connectivity index (χ4v) is 2.88. The van der Waals surface area contributed by atoms with E-state index in [9.17, 15) is 4.79 Å². The summed E-state index contributed by atoms with van der Waals surface area (Å²) in [6.45, 7) is 2.18. The van der Waals surface area contributed by atoms with Crippen molar-refractivity contribution in [2.45, 2.75) is 44.6 Å². The monoisotopic (exact) mass is 240 g/mol. The number of rotatable bonds is 3. The molecule has 2 aliphatic rings. The Morgan fingerprint density at radius 2 is 2.00 bits per heavy atom. The van der Waals surface area contributed by atoms with Crippen molar-refractivity contribution in [1.29, 1.82) is 0 Å². The molecular weight excluding hydrogens is 216 g/mol. The van der Waals surface area contributed by atoms with Gasteiger partial charge in [-0.2, -0.15) is 0 Å². The number of carbonyl (C=O) groups excluding carboxylic acids is 1. The van der Waals surface area contributed by atoms with Gasteiger partial charge in [0.2, 0.25) is 5.91 Å². The Hall–Kier alpha value is -0.610. The van der Waals surface area contributed by atoms with E-state index in [-0.39, 0.29) is 11.8 Å². The molecule has 1 aliphatic heterocycles. The minimum Gasteiger partial charge on any atom is -0.396 e. The molecule has 0 spiro atoms. The summed E-state index contributed by atoms with van der Waals surface area (Å²) in [6, 6.07) is 0.340. The van der Waals surface area contributed by atoms with Gasteiger partial charge >= 0.3 is 0 Å². The van der Waals surface area contributed by atoms with E-state index in [0.717, 1.165) is 51.6 Å². The highest BCUT2D eigenvalue weighted by molar-refractivity contribution is 5.79. The molecule has 98 valence electrons. The first-order chi connectivity index (χ1) is 8.29. The molecule has 1 atom stereocenters. The second-order valence-electron chi connectivity index (χ2n) is 5.45. The summed E-state index contributed by atoms with van der Waals surface area (Å²) < 4.78 is 0. The molecule has 1 amide bonds. The molecule has 1 heterocycles. The molecular formula is C13H24N2O2. The Labute approximate surface area is 103 Å². The number of amides is 1. The van der Waals surface area contributed by atoms with Crippen LogP contribution in [-0.2, 0) is 4.79 Å². The number of carbonyl (C=O) groups is 1. The highest BCUT2D eigenvalue weighted by atomic mass is 16.3. The molecule has 0 bridgehead atoms. The lowest BCUT2D eigenvalue weighted by Gasteiger charge is -2.30. The molecule has 4 heteroatoms. The molecule has 1 aliphatic carbocycles. The van der Waals surface area contributed by atoms with E-state index in [4.69, 9.17) is 5.11 Å². The van der Waals surface area contributed by atoms with Gasteiger partial charge in [-0.05, 0) is 51.0 Å². The lowest BCUT2D eigenvalue weighted by molar-refractivity contribution is -0.126. The van der Waals surface area contributed by atoms with Crippen LogP contribution < -0.4 is 10.6 Å². The molecule has 1 saturated heterocycles. The van der Waals surface area contributed by atoms with Gasteiger partial charge in [0.05, 0.1) is 5.92 Å². The third-order valence-electron chi connectivity index (χ3n) is 4.12. The first-order valence-electron chi connectivity index (χ1n) is 6.91. The predicted octanol–water partition coefficient (Wildman–Crippen LogP) is 0.653. The molecule has 0 aromatic carbocycles. The number of piperidine rings is 1. The Balaban J connectivity index is 1.71. The van der Waals surface area contributed by atoms with Gasteiger partial charge in [-0.1, -0.05) is 0 Å². The van der Waals surface area contributed by atoms with Crippen molar-refractivity contribution in [1.82, 2.24) is 10.6 Å². The molecule has 4 nitrogen and oxygen atoms in total. The molecule has 0 radical (unpaired) electrons. The van der Waals surface area contributed by atoms with E-state index in [1.165, 1.54) is 0 Å². The second kappa shape index (κ2) is 6.36. The van der Waals surface area contributed by atoms with Gasteiger partial charge in [-0.25, -0.2) is 0 Å². The van der Waals surface area contributed by atoms with Crippen LogP contribution >= 0.6 is 0 Å². The fourth-order valence-electron chi connectivity index (χ4n) is 2.88. The van der Waals surface area contributed by atoms with E-state index < -0.39 is 0 Å². The molecule has 0 aromatic rings. The lowest BCUT2D eigenvalue weighted by atomic mass is 9.86. The number of nitrogens with one attached hydrogen (secondary N) is 2. The molecule has 2 fully saturated rings. The predicted molar refractivity (Wildman–Crippen MR) is 66.6 cm³/mol. The topological polar surface area (TPSA) is 61.4 Å². The Morgan fingerprint density at radius 3 is 2.59 bits per heavy atom. The van der Waals surface area contributed by atoms with Crippen molar-refractivity contribution in [2.24, 2.45) is 11.8 Å². The van der Waals surface area contributed by atoms with E-state index >= 15 is 0 Å². The molecule has 0 aromatic heterocycles. The number of hydrogen-bond acceptors (Lipinski definition) is 3. The van der Waals surface area contributed by atoms with Crippen LogP contribution in [-0.4, -0.2) is 36.8 Å². The normalized spacial score (nSPS) is 34.3. The Bertz CT molecular complexity index is 244. The second-order valence-corrected chi connectivity index (χ2v) is 5.45. The van der Waals surface area contributed by atoms with Gasteiger partial charge in [0, 0.05) is 19.2 Å². The summed E-state index contributed by atoms with van der Waals surface area (Å²) in [4.78, 5) is 12.0. The van der Waals surface area contributed by atoms with Crippen LogP contribution in [0, 0.1) is 11.8 Å². The molecule has 1 saturated carbocycles. The third-order valence-corrected chi connectivity index (χ3v) is 4.12. The van der Waals surface area contributed by atoms with Crippen LogP contribution in [0.3, 0.4) is 0 Å². The zero-order valence-electron chi connectivity index (χ0n) is 10.5. The quantitative estimate of drug-likeness (QED) is 0.679. The average Bonchev–Trinajstić information content (AvgIpc) is 2.40. The minimum atomic E-state index is 0.166. The summed E-state index contributed by atoms with van der Waals surface area (Å²) >= 11 is 0. The van der Waals surface area contributed by atoms with Crippen LogP contribution in [0.2, 0.25) is 0 Å². The van der Waals surface area contributed by atoms with Crippen molar-refractivity contribution >= 4 is 5.91 Å². The van der Waals surface area contributed by atoms with Gasteiger partial charge in [0.1, 0.15) is 0 Å². The van der Waals surface area contributed by atoms with Gasteiger partial charge < -0.3 is 15.7 Å². The number of aliphatic hydroxyl groups is 1. The first kappa shape index (κ1) is 12.8. The van der Waals surface area contributed by atoms with Gasteiger partial charge in [-0.3, -0.25) is 4.79 Å². The standard InChI is InChI=1S/C13H24N2O2/c16-9-10-3-5-12(6-4-10)15-13(17)11-2-1-7-14-8-11/h10-12,14,16H,1-9H2,(H,15,17)/t10?,11-,12?/m0/s1. The number of aliphatic hydroxyl groups excluding tert-OH is 1.